The summed E-state index contributed by atoms with van der Waals surface area (Å²) >= 11 is 1.49. The molecular formula is C17H20N6O3S. The van der Waals surface area contributed by atoms with Gasteiger partial charge in [-0.3, -0.25) is 9.55 Å². The van der Waals surface area contributed by atoms with Crippen molar-refractivity contribution in [3.05, 3.63) is 35.9 Å². The van der Waals surface area contributed by atoms with Crippen molar-refractivity contribution >= 4 is 28.9 Å². The summed E-state index contributed by atoms with van der Waals surface area (Å²) in [7, 11) is 0. The number of hydrogen-bond donors (Lipinski definition) is 3. The predicted octanol–water partition coefficient (Wildman–Crippen LogP) is 1.04. The number of aliphatic hydroxyl groups excluding tert-OH is 2. The van der Waals surface area contributed by atoms with Gasteiger partial charge in [-0.15, -0.1) is 0 Å². The van der Waals surface area contributed by atoms with Gasteiger partial charge < -0.3 is 20.7 Å². The Bertz CT molecular complexity index is 965. The van der Waals surface area contributed by atoms with Gasteiger partial charge in [0, 0.05) is 17.9 Å². The molecule has 0 aliphatic carbocycles. The minimum atomic E-state index is -0.738. The lowest BCUT2D eigenvalue weighted by Gasteiger charge is -2.13. The monoisotopic (exact) mass is 388 g/mol. The molecule has 1 aliphatic rings. The molecular weight excluding hydrogens is 368 g/mol. The van der Waals surface area contributed by atoms with E-state index in [1.165, 1.54) is 11.8 Å². The van der Waals surface area contributed by atoms with Crippen molar-refractivity contribution in [2.45, 2.75) is 42.6 Å². The van der Waals surface area contributed by atoms with E-state index in [4.69, 9.17) is 10.5 Å². The lowest BCUT2D eigenvalue weighted by atomic mass is 10.2. The SMILES string of the molecule is Cc1cccc(CSc2nc(N)nc3c2ncn3[C@@H]2C[C@@H](O)[C@H](CO)O2)n1. The molecule has 1 aliphatic heterocycles. The summed E-state index contributed by atoms with van der Waals surface area (Å²) in [5, 5.41) is 19.9. The number of thioether (sulfide) groups is 1. The van der Waals surface area contributed by atoms with E-state index in [0.717, 1.165) is 11.4 Å². The maximum absolute atomic E-state index is 9.98. The molecule has 0 aromatic carbocycles. The maximum Gasteiger partial charge on any atom is 0.223 e. The number of pyridine rings is 1. The minimum Gasteiger partial charge on any atom is -0.394 e. The van der Waals surface area contributed by atoms with E-state index in [-0.39, 0.29) is 12.6 Å². The van der Waals surface area contributed by atoms with Gasteiger partial charge in [-0.2, -0.15) is 4.98 Å². The lowest BCUT2D eigenvalue weighted by Crippen LogP contribution is -2.24. The highest BCUT2D eigenvalue weighted by molar-refractivity contribution is 7.98. The van der Waals surface area contributed by atoms with Crippen LogP contribution in [0.1, 0.15) is 24.0 Å². The van der Waals surface area contributed by atoms with E-state index in [1.807, 2.05) is 25.1 Å². The summed E-state index contributed by atoms with van der Waals surface area (Å²) in [4.78, 5) is 17.5. The molecule has 142 valence electrons. The Morgan fingerprint density at radius 1 is 1.33 bits per heavy atom. The highest BCUT2D eigenvalue weighted by Gasteiger charge is 2.35. The lowest BCUT2D eigenvalue weighted by molar-refractivity contribution is -0.0432. The van der Waals surface area contributed by atoms with Gasteiger partial charge in [0.15, 0.2) is 5.65 Å². The number of imidazole rings is 1. The first kappa shape index (κ1) is 18.1. The molecule has 0 amide bonds. The third kappa shape index (κ3) is 3.61. The fraction of sp³-hybridized carbons (Fsp3) is 0.412. The highest BCUT2D eigenvalue weighted by atomic mass is 32.2. The van der Waals surface area contributed by atoms with E-state index in [9.17, 15) is 10.2 Å². The molecule has 1 saturated heterocycles. The smallest absolute Gasteiger partial charge is 0.223 e. The quantitative estimate of drug-likeness (QED) is 0.433. The van der Waals surface area contributed by atoms with Crippen molar-refractivity contribution < 1.29 is 14.9 Å². The zero-order valence-corrected chi connectivity index (χ0v) is 15.5. The van der Waals surface area contributed by atoms with Crippen LogP contribution in [0.15, 0.2) is 29.6 Å². The second-order valence-electron chi connectivity index (χ2n) is 6.38. The number of ether oxygens (including phenoxy) is 1. The van der Waals surface area contributed by atoms with Crippen LogP contribution in [0.4, 0.5) is 5.95 Å². The Kier molecular flexibility index (Phi) is 4.96. The Morgan fingerprint density at radius 2 is 2.19 bits per heavy atom. The number of nitrogens with two attached hydrogens (primary N) is 1. The molecule has 4 N–H and O–H groups in total. The van der Waals surface area contributed by atoms with Crippen molar-refractivity contribution in [1.82, 2.24) is 24.5 Å². The number of aryl methyl sites for hydroxylation is 1. The van der Waals surface area contributed by atoms with Gasteiger partial charge in [-0.25, -0.2) is 9.97 Å². The molecule has 0 radical (unpaired) electrons. The second-order valence-corrected chi connectivity index (χ2v) is 7.35. The molecule has 4 heterocycles. The Labute approximate surface area is 159 Å². The highest BCUT2D eigenvalue weighted by Crippen LogP contribution is 2.33. The zero-order valence-electron chi connectivity index (χ0n) is 14.7. The van der Waals surface area contributed by atoms with E-state index in [1.54, 1.807) is 10.9 Å². The summed E-state index contributed by atoms with van der Waals surface area (Å²) in [5.74, 6) is 0.770. The number of anilines is 1. The van der Waals surface area contributed by atoms with Crippen LogP contribution in [-0.4, -0.2) is 53.5 Å². The first-order valence-corrected chi connectivity index (χ1v) is 9.53. The summed E-state index contributed by atoms with van der Waals surface area (Å²) in [5.41, 5.74) is 8.96. The number of nitrogen functional groups attached to an aromatic ring is 1. The third-order valence-electron chi connectivity index (χ3n) is 4.40. The van der Waals surface area contributed by atoms with E-state index >= 15 is 0 Å². The van der Waals surface area contributed by atoms with Gasteiger partial charge in [0.25, 0.3) is 0 Å². The molecule has 0 unspecified atom stereocenters. The number of hydrogen-bond acceptors (Lipinski definition) is 9. The number of aliphatic hydroxyl groups is 2. The van der Waals surface area contributed by atoms with Crippen LogP contribution in [0.25, 0.3) is 11.2 Å². The third-order valence-corrected chi connectivity index (χ3v) is 5.40. The number of nitrogens with zero attached hydrogens (tertiary/aromatic N) is 5. The normalized spacial score (nSPS) is 22.6. The molecule has 0 spiro atoms. The molecule has 0 saturated carbocycles. The largest absolute Gasteiger partial charge is 0.394 e. The molecule has 3 aromatic heterocycles. The molecule has 4 rings (SSSR count). The first-order chi connectivity index (χ1) is 13.0. The number of aromatic nitrogens is 5. The van der Waals surface area contributed by atoms with Gasteiger partial charge in [0.2, 0.25) is 5.95 Å². The summed E-state index contributed by atoms with van der Waals surface area (Å²) in [6.07, 6.45) is 0.125. The number of fused-ring (bicyclic) bond motifs is 1. The standard InChI is InChI=1S/C17H20N6O3S/c1-9-3-2-4-10(20-9)7-27-16-14-15(21-17(18)22-16)23(8-19-14)13-5-11(25)12(6-24)26-13/h2-4,8,11-13,24-25H,5-7H2,1H3,(H2,18,21,22)/t11-,12+,13+/m1/s1. The van der Waals surface area contributed by atoms with E-state index in [2.05, 4.69) is 19.9 Å². The fourth-order valence-corrected chi connectivity index (χ4v) is 3.97. The molecule has 9 nitrogen and oxygen atoms in total. The van der Waals surface area contributed by atoms with Gasteiger partial charge >= 0.3 is 0 Å². The number of rotatable bonds is 5. The maximum atomic E-state index is 9.98. The van der Waals surface area contributed by atoms with Crippen LogP contribution >= 0.6 is 11.8 Å². The fourth-order valence-electron chi connectivity index (χ4n) is 3.09. The van der Waals surface area contributed by atoms with Crippen molar-refractivity contribution in [3.8, 4) is 0 Å². The molecule has 0 bridgehead atoms. The molecule has 3 aromatic rings. The van der Waals surface area contributed by atoms with Gasteiger partial charge in [-0.1, -0.05) is 17.8 Å². The van der Waals surface area contributed by atoms with Gasteiger partial charge in [0.05, 0.1) is 24.7 Å². The second kappa shape index (κ2) is 7.39. The molecule has 3 atom stereocenters. The van der Waals surface area contributed by atoms with Crippen molar-refractivity contribution in [1.29, 1.82) is 0 Å². The predicted molar refractivity (Wildman–Crippen MR) is 99.9 cm³/mol. The molecule has 1 fully saturated rings. The molecule has 10 heteroatoms. The van der Waals surface area contributed by atoms with Crippen LogP contribution < -0.4 is 5.73 Å². The summed E-state index contributed by atoms with van der Waals surface area (Å²) in [6.45, 7) is 1.71. The van der Waals surface area contributed by atoms with Crippen molar-refractivity contribution in [2.75, 3.05) is 12.3 Å². The Hall–Kier alpha value is -2.27. The Morgan fingerprint density at radius 3 is 2.93 bits per heavy atom. The summed E-state index contributed by atoms with van der Waals surface area (Å²) in [6, 6.07) is 5.88. The first-order valence-electron chi connectivity index (χ1n) is 8.55. The Balaban J connectivity index is 1.62. The summed E-state index contributed by atoms with van der Waals surface area (Å²) < 4.78 is 7.43. The van der Waals surface area contributed by atoms with Crippen LogP contribution in [0, 0.1) is 6.92 Å². The van der Waals surface area contributed by atoms with Crippen molar-refractivity contribution in [2.24, 2.45) is 0 Å². The van der Waals surface area contributed by atoms with Crippen LogP contribution in [-0.2, 0) is 10.5 Å². The topological polar surface area (TPSA) is 132 Å². The average molecular weight is 388 g/mol. The van der Waals surface area contributed by atoms with Crippen LogP contribution in [0.2, 0.25) is 0 Å². The average Bonchev–Trinajstić information content (AvgIpc) is 3.22. The van der Waals surface area contributed by atoms with E-state index < -0.39 is 18.4 Å². The van der Waals surface area contributed by atoms with Crippen LogP contribution in [0.5, 0.6) is 0 Å². The van der Waals surface area contributed by atoms with E-state index in [0.29, 0.717) is 28.4 Å². The minimum absolute atomic E-state index is 0.140. The molecule has 27 heavy (non-hydrogen) atoms. The van der Waals surface area contributed by atoms with Gasteiger partial charge in [0.1, 0.15) is 22.9 Å². The zero-order chi connectivity index (χ0) is 19.0. The van der Waals surface area contributed by atoms with Crippen LogP contribution in [0.3, 0.4) is 0 Å². The van der Waals surface area contributed by atoms with Gasteiger partial charge in [-0.05, 0) is 19.1 Å². The van der Waals surface area contributed by atoms with Crippen molar-refractivity contribution in [3.63, 3.8) is 0 Å².